The van der Waals surface area contributed by atoms with Gasteiger partial charge in [0.15, 0.2) is 0 Å². The molecule has 8 rings (SSSR count). The zero-order valence-electron chi connectivity index (χ0n) is 20.5. The average molecular weight is 492 g/mol. The fourth-order valence-electron chi connectivity index (χ4n) is 7.09. The number of hydrogen-bond acceptors (Lipinski definition) is 4. The van der Waals surface area contributed by atoms with Crippen molar-refractivity contribution >= 4 is 28.7 Å². The molecule has 4 fully saturated rings. The van der Waals surface area contributed by atoms with Crippen LogP contribution in [-0.4, -0.2) is 32.8 Å². The SMILES string of the molecule is O=C(Nc1ccccn1)c1ccc2nc(-c3ccc(C(=O)NC4C5CC6CC(C5)CC4C6)cc3)[nH]c2c1. The van der Waals surface area contributed by atoms with E-state index in [1.807, 2.05) is 36.4 Å². The highest BCUT2D eigenvalue weighted by Gasteiger charge is 2.48. The fourth-order valence-corrected chi connectivity index (χ4v) is 7.09. The monoisotopic (exact) mass is 491 g/mol. The third-order valence-electron chi connectivity index (χ3n) is 8.60. The molecule has 0 spiro atoms. The van der Waals surface area contributed by atoms with E-state index in [1.54, 1.807) is 30.5 Å². The molecule has 2 aromatic heterocycles. The second-order valence-electron chi connectivity index (χ2n) is 11.0. The lowest BCUT2D eigenvalue weighted by Crippen LogP contribution is -2.55. The smallest absolute Gasteiger partial charge is 0.256 e. The first-order chi connectivity index (χ1) is 18.1. The summed E-state index contributed by atoms with van der Waals surface area (Å²) in [5.74, 6) is 4.10. The lowest BCUT2D eigenvalue weighted by molar-refractivity contribution is -0.0119. The summed E-state index contributed by atoms with van der Waals surface area (Å²) in [4.78, 5) is 37.9. The number of carbonyl (C=O) groups excluding carboxylic acids is 2. The van der Waals surface area contributed by atoms with Crippen LogP contribution in [0.4, 0.5) is 5.82 Å². The number of aromatic amines is 1. The molecule has 0 aliphatic heterocycles. The Hall–Kier alpha value is -4.00. The van der Waals surface area contributed by atoms with E-state index in [-0.39, 0.29) is 11.8 Å². The van der Waals surface area contributed by atoms with Crippen LogP contribution in [0.3, 0.4) is 0 Å². The molecule has 7 nitrogen and oxygen atoms in total. The number of H-pyrrole nitrogens is 1. The van der Waals surface area contributed by atoms with Crippen LogP contribution in [0.5, 0.6) is 0 Å². The lowest BCUT2D eigenvalue weighted by Gasteiger charge is -2.54. The molecule has 37 heavy (non-hydrogen) atoms. The molecule has 3 N–H and O–H groups in total. The number of rotatable bonds is 5. The molecule has 186 valence electrons. The quantitative estimate of drug-likeness (QED) is 0.346. The number of benzene rings is 2. The molecular formula is C30H29N5O2. The van der Waals surface area contributed by atoms with Gasteiger partial charge in [-0.1, -0.05) is 18.2 Å². The summed E-state index contributed by atoms with van der Waals surface area (Å²) in [6.45, 7) is 0. The van der Waals surface area contributed by atoms with Gasteiger partial charge in [-0.05, 0) is 98.2 Å². The van der Waals surface area contributed by atoms with Crippen LogP contribution in [-0.2, 0) is 0 Å². The van der Waals surface area contributed by atoms with E-state index in [9.17, 15) is 9.59 Å². The minimum absolute atomic E-state index is 0.0252. The van der Waals surface area contributed by atoms with Gasteiger partial charge in [0.2, 0.25) is 0 Å². The highest BCUT2D eigenvalue weighted by atomic mass is 16.2. The number of pyridine rings is 1. The van der Waals surface area contributed by atoms with Crippen LogP contribution in [0.25, 0.3) is 22.4 Å². The molecule has 2 heterocycles. The van der Waals surface area contributed by atoms with Gasteiger partial charge in [0.1, 0.15) is 11.6 Å². The van der Waals surface area contributed by atoms with Gasteiger partial charge in [-0.25, -0.2) is 9.97 Å². The minimum Gasteiger partial charge on any atom is -0.349 e. The van der Waals surface area contributed by atoms with Gasteiger partial charge in [0.05, 0.1) is 11.0 Å². The van der Waals surface area contributed by atoms with Crippen LogP contribution in [0.1, 0.15) is 52.8 Å². The summed E-state index contributed by atoms with van der Waals surface area (Å²) in [6.07, 6.45) is 8.20. The van der Waals surface area contributed by atoms with E-state index in [0.29, 0.717) is 40.6 Å². The minimum atomic E-state index is -0.230. The van der Waals surface area contributed by atoms with Crippen molar-refractivity contribution in [1.29, 1.82) is 0 Å². The highest BCUT2D eigenvalue weighted by Crippen LogP contribution is 2.53. The van der Waals surface area contributed by atoms with Crippen LogP contribution < -0.4 is 10.6 Å². The largest absolute Gasteiger partial charge is 0.349 e. The topological polar surface area (TPSA) is 99.8 Å². The third kappa shape index (κ3) is 4.18. The van der Waals surface area contributed by atoms with E-state index in [4.69, 9.17) is 0 Å². The summed E-state index contributed by atoms with van der Waals surface area (Å²) in [7, 11) is 0. The molecule has 0 saturated heterocycles. The van der Waals surface area contributed by atoms with E-state index >= 15 is 0 Å². The summed E-state index contributed by atoms with van der Waals surface area (Å²) < 4.78 is 0. The van der Waals surface area contributed by atoms with Crippen LogP contribution >= 0.6 is 0 Å². The van der Waals surface area contributed by atoms with Gasteiger partial charge in [-0.2, -0.15) is 0 Å². The number of fused-ring (bicyclic) bond motifs is 1. The Balaban J connectivity index is 1.05. The number of hydrogen-bond donors (Lipinski definition) is 3. The Morgan fingerprint density at radius 3 is 2.24 bits per heavy atom. The predicted molar refractivity (Wildman–Crippen MR) is 142 cm³/mol. The van der Waals surface area contributed by atoms with E-state index in [2.05, 4.69) is 25.6 Å². The molecule has 0 unspecified atom stereocenters. The molecule has 0 radical (unpaired) electrons. The van der Waals surface area contributed by atoms with Crippen molar-refractivity contribution < 1.29 is 9.59 Å². The number of amides is 2. The molecule has 2 aromatic carbocycles. The summed E-state index contributed by atoms with van der Waals surface area (Å²) in [6, 6.07) is 18.7. The number of anilines is 1. The molecule has 4 aromatic rings. The van der Waals surface area contributed by atoms with Gasteiger partial charge in [0, 0.05) is 28.9 Å². The Morgan fingerprint density at radius 2 is 1.54 bits per heavy atom. The van der Waals surface area contributed by atoms with Crippen molar-refractivity contribution in [2.45, 2.75) is 38.1 Å². The maximum atomic E-state index is 13.1. The number of imidazole rings is 1. The zero-order chi connectivity index (χ0) is 24.9. The molecule has 4 aliphatic carbocycles. The van der Waals surface area contributed by atoms with Crippen molar-refractivity contribution in [1.82, 2.24) is 20.3 Å². The van der Waals surface area contributed by atoms with Gasteiger partial charge in [-0.15, -0.1) is 0 Å². The van der Waals surface area contributed by atoms with Crippen LogP contribution in [0.2, 0.25) is 0 Å². The van der Waals surface area contributed by atoms with E-state index < -0.39 is 0 Å². The molecular weight excluding hydrogens is 462 g/mol. The number of aromatic nitrogens is 3. The Kier molecular flexibility index (Phi) is 5.30. The van der Waals surface area contributed by atoms with Crippen molar-refractivity contribution in [2.75, 3.05) is 5.32 Å². The number of nitrogens with one attached hydrogen (secondary N) is 3. The second-order valence-corrected chi connectivity index (χ2v) is 11.0. The van der Waals surface area contributed by atoms with Crippen LogP contribution in [0.15, 0.2) is 66.9 Å². The number of nitrogens with zero attached hydrogens (tertiary/aromatic N) is 2. The summed E-state index contributed by atoms with van der Waals surface area (Å²) in [5.41, 5.74) is 3.63. The van der Waals surface area contributed by atoms with E-state index in [0.717, 1.165) is 28.4 Å². The van der Waals surface area contributed by atoms with Crippen molar-refractivity contribution in [3.63, 3.8) is 0 Å². The standard InChI is InChI=1S/C30H29N5O2/c36-29(35-27-22-12-17-11-18(14-22)15-23(27)13-17)20-6-4-19(5-7-20)28-32-24-9-8-21(16-25(24)33-28)30(37)34-26-3-1-2-10-31-26/h1-10,16-18,22-23,27H,11-15H2,(H,32,33)(H,35,36)(H,31,34,37). The maximum absolute atomic E-state index is 13.1. The van der Waals surface area contributed by atoms with Gasteiger partial charge in [-0.3, -0.25) is 9.59 Å². The number of carbonyl (C=O) groups is 2. The molecule has 0 atom stereocenters. The first-order valence-electron chi connectivity index (χ1n) is 13.2. The Labute approximate surface area is 215 Å². The zero-order valence-corrected chi connectivity index (χ0v) is 20.5. The molecule has 4 aliphatic rings. The Morgan fingerprint density at radius 1 is 0.811 bits per heavy atom. The molecule has 4 bridgehead atoms. The molecule has 4 saturated carbocycles. The van der Waals surface area contributed by atoms with E-state index in [1.165, 1.54) is 32.1 Å². The second kappa shape index (κ2) is 8.83. The summed E-state index contributed by atoms with van der Waals surface area (Å²) >= 11 is 0. The third-order valence-corrected chi connectivity index (χ3v) is 8.60. The van der Waals surface area contributed by atoms with Gasteiger partial charge >= 0.3 is 0 Å². The predicted octanol–water partition coefficient (Wildman–Crippen LogP) is 5.43. The van der Waals surface area contributed by atoms with Crippen molar-refractivity contribution in [3.05, 3.63) is 78.0 Å². The van der Waals surface area contributed by atoms with Crippen molar-refractivity contribution in [3.8, 4) is 11.4 Å². The van der Waals surface area contributed by atoms with Crippen molar-refractivity contribution in [2.24, 2.45) is 23.7 Å². The Bertz CT molecular complexity index is 1450. The molecule has 2 amide bonds. The lowest BCUT2D eigenvalue weighted by atomic mass is 9.54. The van der Waals surface area contributed by atoms with Crippen LogP contribution in [0, 0.1) is 23.7 Å². The summed E-state index contributed by atoms with van der Waals surface area (Å²) in [5, 5.41) is 6.19. The fraction of sp³-hybridized carbons (Fsp3) is 0.333. The first-order valence-corrected chi connectivity index (χ1v) is 13.2. The maximum Gasteiger partial charge on any atom is 0.256 e. The average Bonchev–Trinajstić information content (AvgIpc) is 3.34. The normalized spacial score (nSPS) is 25.8. The van der Waals surface area contributed by atoms with Gasteiger partial charge in [0.25, 0.3) is 11.8 Å². The molecule has 7 heteroatoms. The first kappa shape index (κ1) is 22.2. The van der Waals surface area contributed by atoms with Gasteiger partial charge < -0.3 is 15.6 Å². The highest BCUT2D eigenvalue weighted by molar-refractivity contribution is 6.05.